The Labute approximate surface area is 106 Å². The Bertz CT molecular complexity index is 307. The zero-order valence-electron chi connectivity index (χ0n) is 10.8. The van der Waals surface area contributed by atoms with Crippen molar-refractivity contribution >= 4 is 17.8 Å². The Morgan fingerprint density at radius 2 is 1.94 bits per heavy atom. The summed E-state index contributed by atoms with van der Waals surface area (Å²) in [7, 11) is 0. The van der Waals surface area contributed by atoms with E-state index in [1.165, 1.54) is 4.90 Å². The fourth-order valence-corrected chi connectivity index (χ4v) is 1.41. The van der Waals surface area contributed by atoms with Crippen LogP contribution in [0.1, 0.15) is 26.7 Å². The number of hydrogen-bond donors (Lipinski definition) is 3. The van der Waals surface area contributed by atoms with Crippen LogP contribution in [-0.4, -0.2) is 53.5 Å². The summed E-state index contributed by atoms with van der Waals surface area (Å²) in [5.74, 6) is -1.65. The smallest absolute Gasteiger partial charge is 0.303 e. The van der Waals surface area contributed by atoms with Crippen LogP contribution in [0, 0.1) is 0 Å². The molecule has 0 saturated heterocycles. The molecule has 0 aromatic rings. The van der Waals surface area contributed by atoms with E-state index in [0.717, 1.165) is 0 Å². The van der Waals surface area contributed by atoms with Crippen LogP contribution < -0.4 is 11.1 Å². The van der Waals surface area contributed by atoms with Crippen molar-refractivity contribution in [3.63, 3.8) is 0 Å². The minimum absolute atomic E-state index is 0.0516. The highest BCUT2D eigenvalue weighted by molar-refractivity contribution is 5.87. The topological polar surface area (TPSA) is 113 Å². The molecule has 0 bridgehead atoms. The molecule has 0 fully saturated rings. The molecule has 4 N–H and O–H groups in total. The van der Waals surface area contributed by atoms with Gasteiger partial charge in [0.15, 0.2) is 0 Å². The number of carboxylic acids is 1. The van der Waals surface area contributed by atoms with Crippen molar-refractivity contribution in [1.82, 2.24) is 10.2 Å². The minimum atomic E-state index is -0.995. The molecule has 0 aliphatic rings. The Morgan fingerprint density at radius 1 is 1.33 bits per heavy atom. The van der Waals surface area contributed by atoms with E-state index in [2.05, 4.69) is 5.32 Å². The maximum absolute atomic E-state index is 11.9. The van der Waals surface area contributed by atoms with Gasteiger partial charge >= 0.3 is 5.97 Å². The second-order valence-corrected chi connectivity index (χ2v) is 3.84. The minimum Gasteiger partial charge on any atom is -0.481 e. The van der Waals surface area contributed by atoms with E-state index in [4.69, 9.17) is 10.8 Å². The SMILES string of the molecule is CCNC(=O)CN(CC)C(=O)C(N)CCC(=O)O. The number of nitrogens with one attached hydrogen (secondary N) is 1. The third kappa shape index (κ3) is 6.19. The summed E-state index contributed by atoms with van der Waals surface area (Å²) >= 11 is 0. The number of hydrogen-bond acceptors (Lipinski definition) is 4. The van der Waals surface area contributed by atoms with Gasteiger partial charge < -0.3 is 21.1 Å². The van der Waals surface area contributed by atoms with E-state index in [-0.39, 0.29) is 25.3 Å². The lowest BCUT2D eigenvalue weighted by Crippen LogP contribution is -2.47. The Kier molecular flexibility index (Phi) is 7.69. The van der Waals surface area contributed by atoms with Crippen LogP contribution in [0.15, 0.2) is 0 Å². The van der Waals surface area contributed by atoms with Crippen molar-refractivity contribution in [2.24, 2.45) is 5.73 Å². The average molecular weight is 259 g/mol. The fraction of sp³-hybridized carbons (Fsp3) is 0.727. The molecule has 0 aliphatic carbocycles. The van der Waals surface area contributed by atoms with Crippen LogP contribution in [0.25, 0.3) is 0 Å². The van der Waals surface area contributed by atoms with Crippen LogP contribution in [0.5, 0.6) is 0 Å². The Hall–Kier alpha value is -1.63. The van der Waals surface area contributed by atoms with Gasteiger partial charge in [0.25, 0.3) is 0 Å². The monoisotopic (exact) mass is 259 g/mol. The Balaban J connectivity index is 4.32. The van der Waals surface area contributed by atoms with E-state index in [1.54, 1.807) is 13.8 Å². The quantitative estimate of drug-likeness (QED) is 0.526. The number of aliphatic carboxylic acids is 1. The normalized spacial score (nSPS) is 11.7. The maximum Gasteiger partial charge on any atom is 0.303 e. The predicted octanol–water partition coefficient (Wildman–Crippen LogP) is -0.837. The number of amides is 2. The van der Waals surface area contributed by atoms with Gasteiger partial charge in [-0.1, -0.05) is 0 Å². The zero-order chi connectivity index (χ0) is 14.1. The molecule has 1 unspecified atom stereocenters. The molecular formula is C11H21N3O4. The van der Waals surface area contributed by atoms with Crippen molar-refractivity contribution in [2.45, 2.75) is 32.7 Å². The molecule has 7 nitrogen and oxygen atoms in total. The first-order valence-electron chi connectivity index (χ1n) is 5.95. The summed E-state index contributed by atoms with van der Waals surface area (Å²) in [4.78, 5) is 34.9. The lowest BCUT2D eigenvalue weighted by atomic mass is 10.1. The van der Waals surface area contributed by atoms with Crippen molar-refractivity contribution < 1.29 is 19.5 Å². The molecule has 1 atom stereocenters. The lowest BCUT2D eigenvalue weighted by Gasteiger charge is -2.23. The van der Waals surface area contributed by atoms with E-state index >= 15 is 0 Å². The van der Waals surface area contributed by atoms with Crippen LogP contribution >= 0.6 is 0 Å². The van der Waals surface area contributed by atoms with Crippen LogP contribution in [0.3, 0.4) is 0 Å². The first kappa shape index (κ1) is 16.4. The van der Waals surface area contributed by atoms with Crippen molar-refractivity contribution in [1.29, 1.82) is 0 Å². The molecule has 0 heterocycles. The summed E-state index contributed by atoms with van der Waals surface area (Å²) in [5, 5.41) is 11.1. The van der Waals surface area contributed by atoms with Crippen molar-refractivity contribution in [3.8, 4) is 0 Å². The van der Waals surface area contributed by atoms with Crippen LogP contribution in [0.4, 0.5) is 0 Å². The van der Waals surface area contributed by atoms with Crippen LogP contribution in [-0.2, 0) is 14.4 Å². The maximum atomic E-state index is 11.9. The standard InChI is InChI=1S/C11H21N3O4/c1-3-13-9(15)7-14(4-2)11(18)8(12)5-6-10(16)17/h8H,3-7,12H2,1-2H3,(H,13,15)(H,16,17). The summed E-state index contributed by atoms with van der Waals surface area (Å²) in [6.45, 7) is 4.33. The largest absolute Gasteiger partial charge is 0.481 e. The number of rotatable bonds is 8. The van der Waals surface area contributed by atoms with E-state index in [1.807, 2.05) is 0 Å². The van der Waals surface area contributed by atoms with Gasteiger partial charge in [0.1, 0.15) is 0 Å². The molecule has 0 spiro atoms. The number of nitrogens with zero attached hydrogens (tertiary/aromatic N) is 1. The highest BCUT2D eigenvalue weighted by atomic mass is 16.4. The molecule has 7 heteroatoms. The first-order chi connectivity index (χ1) is 8.42. The Morgan fingerprint density at radius 3 is 2.39 bits per heavy atom. The molecule has 18 heavy (non-hydrogen) atoms. The third-order valence-corrected chi connectivity index (χ3v) is 2.39. The summed E-state index contributed by atoms with van der Waals surface area (Å²) in [5.41, 5.74) is 5.61. The van der Waals surface area contributed by atoms with Gasteiger partial charge in [-0.3, -0.25) is 14.4 Å². The number of carbonyl (C=O) groups is 3. The second-order valence-electron chi connectivity index (χ2n) is 3.84. The van der Waals surface area contributed by atoms with E-state index in [9.17, 15) is 14.4 Å². The first-order valence-corrected chi connectivity index (χ1v) is 5.95. The third-order valence-electron chi connectivity index (χ3n) is 2.39. The summed E-state index contributed by atoms with van der Waals surface area (Å²) < 4.78 is 0. The molecule has 0 aromatic carbocycles. The predicted molar refractivity (Wildman–Crippen MR) is 65.8 cm³/mol. The molecule has 104 valence electrons. The summed E-state index contributed by atoms with van der Waals surface area (Å²) in [6, 6.07) is -0.879. The van der Waals surface area contributed by atoms with E-state index in [0.29, 0.717) is 13.1 Å². The lowest BCUT2D eigenvalue weighted by molar-refractivity contribution is -0.139. The number of carboxylic acid groups (broad SMARTS) is 1. The average Bonchev–Trinajstić information content (AvgIpc) is 2.32. The van der Waals surface area contributed by atoms with E-state index < -0.39 is 17.9 Å². The highest BCUT2D eigenvalue weighted by Crippen LogP contribution is 2.00. The molecule has 0 aliphatic heterocycles. The molecule has 0 rings (SSSR count). The van der Waals surface area contributed by atoms with Gasteiger partial charge in [-0.05, 0) is 20.3 Å². The zero-order valence-corrected chi connectivity index (χ0v) is 10.8. The van der Waals surface area contributed by atoms with Gasteiger partial charge in [0, 0.05) is 19.5 Å². The highest BCUT2D eigenvalue weighted by Gasteiger charge is 2.22. The summed E-state index contributed by atoms with van der Waals surface area (Å²) in [6.07, 6.45) is -0.0916. The van der Waals surface area contributed by atoms with Gasteiger partial charge in [0.05, 0.1) is 12.6 Å². The molecule has 2 amide bonds. The van der Waals surface area contributed by atoms with Gasteiger partial charge in [-0.15, -0.1) is 0 Å². The van der Waals surface area contributed by atoms with Crippen molar-refractivity contribution in [3.05, 3.63) is 0 Å². The van der Waals surface area contributed by atoms with Crippen LogP contribution in [0.2, 0.25) is 0 Å². The second kappa shape index (κ2) is 8.46. The number of carbonyl (C=O) groups excluding carboxylic acids is 2. The number of nitrogens with two attached hydrogens (primary N) is 1. The van der Waals surface area contributed by atoms with Gasteiger partial charge in [-0.2, -0.15) is 0 Å². The molecule has 0 radical (unpaired) electrons. The fourth-order valence-electron chi connectivity index (χ4n) is 1.41. The van der Waals surface area contributed by atoms with Gasteiger partial charge in [-0.25, -0.2) is 0 Å². The number of likely N-dealkylation sites (N-methyl/N-ethyl adjacent to an activating group) is 2. The molecule has 0 aromatic heterocycles. The van der Waals surface area contributed by atoms with Crippen molar-refractivity contribution in [2.75, 3.05) is 19.6 Å². The molecule has 0 saturated carbocycles. The van der Waals surface area contributed by atoms with Gasteiger partial charge in [0.2, 0.25) is 11.8 Å². The molecular weight excluding hydrogens is 238 g/mol.